The number of nitrogens with zero attached hydrogens (tertiary/aromatic N) is 12. The zero-order valence-corrected chi connectivity index (χ0v) is 66.6. The van der Waals surface area contributed by atoms with Crippen molar-refractivity contribution in [1.82, 2.24) is 39.9 Å². The van der Waals surface area contributed by atoms with Crippen LogP contribution in [0, 0.1) is 35.8 Å². The Morgan fingerprint density at radius 3 is 0.839 bits per heavy atom. The van der Waals surface area contributed by atoms with Crippen LogP contribution in [0.2, 0.25) is 0 Å². The van der Waals surface area contributed by atoms with Gasteiger partial charge in [-0.3, -0.25) is 0 Å². The molecule has 0 radical (unpaired) electrons. The Morgan fingerprint density at radius 1 is 0.194 bits per heavy atom. The Morgan fingerprint density at radius 2 is 0.468 bits per heavy atom. The highest BCUT2D eigenvalue weighted by molar-refractivity contribution is 6.06. The van der Waals surface area contributed by atoms with Gasteiger partial charge in [0.15, 0.2) is 34.7 Å². The molecule has 0 saturated heterocycles. The average Bonchev–Trinajstić information content (AvgIpc) is 0.780. The zero-order chi connectivity index (χ0) is 83.7. The lowest BCUT2D eigenvalue weighted by Crippen LogP contribution is -1.97. The minimum atomic E-state index is 0.548. The summed E-state index contributed by atoms with van der Waals surface area (Å²) in [6, 6.07) is 143. The van der Waals surface area contributed by atoms with E-state index in [2.05, 4.69) is 192 Å². The molecule has 0 saturated carbocycles. The van der Waals surface area contributed by atoms with Crippen molar-refractivity contribution in [2.45, 2.75) is 0 Å². The smallest absolute Gasteiger partial charge is 0.196 e. The number of rotatable bonds is 16. The molecule has 4 heterocycles. The molecule has 0 aliphatic heterocycles. The third-order valence-corrected chi connectivity index (χ3v) is 22.0. The molecule has 576 valence electrons. The third kappa shape index (κ3) is 15.9. The van der Waals surface area contributed by atoms with Gasteiger partial charge >= 0.3 is 0 Å². The number of benzene rings is 16. The van der Waals surface area contributed by atoms with Crippen molar-refractivity contribution in [3.8, 4) is 192 Å². The molecular weight excluding hydrogens is 1510 g/mol. The zero-order valence-electron chi connectivity index (χ0n) is 66.6. The van der Waals surface area contributed by atoms with Crippen molar-refractivity contribution in [2.75, 3.05) is 0 Å². The Kier molecular flexibility index (Phi) is 21.2. The fourth-order valence-corrected chi connectivity index (χ4v) is 15.8. The molecule has 0 fully saturated rings. The van der Waals surface area contributed by atoms with Gasteiger partial charge in [-0.2, -0.15) is 10.5 Å². The van der Waals surface area contributed by atoms with Crippen molar-refractivity contribution < 1.29 is 0 Å². The number of para-hydroxylation sites is 1. The maximum Gasteiger partial charge on any atom is 0.196 e. The van der Waals surface area contributed by atoms with Crippen molar-refractivity contribution in [3.63, 3.8) is 0 Å². The van der Waals surface area contributed by atoms with Crippen LogP contribution in [0.15, 0.2) is 413 Å². The Labute approximate surface area is 717 Å². The quantitative estimate of drug-likeness (QED) is 0.0852. The molecule has 0 spiro atoms. The van der Waals surface area contributed by atoms with E-state index in [9.17, 15) is 10.5 Å². The van der Waals surface area contributed by atoms with Crippen LogP contribution in [-0.4, -0.2) is 39.9 Å². The predicted molar refractivity (Wildman–Crippen MR) is 499 cm³/mol. The molecule has 0 unspecified atom stereocenters. The summed E-state index contributed by atoms with van der Waals surface area (Å²) in [5, 5.41) is 24.1. The molecule has 4 aromatic heterocycles. The lowest BCUT2D eigenvalue weighted by atomic mass is 9.92. The van der Waals surface area contributed by atoms with Gasteiger partial charge < -0.3 is 0 Å². The first-order valence-corrected chi connectivity index (χ1v) is 40.4. The molecule has 12 nitrogen and oxygen atoms in total. The SMILES string of the molecule is [C-]#[N+]c1cccc(-c2nc(-c3ccccc3)cc(-c3ccc(-c4cccc5c(-c6ccc(-c7cc(-c8ccccc8)nc(-c8cccc(C#N)c8)n7)cc6)cccc45)cc3)n2)c1.[C-]#[N+]c1ccccc1-c1cc(-c2ccccc2)nc(-c2ccc(-c3cccc4c(-c5ccc(-c6nc(-c7ccccc7)cc(-c7ccccc7C#N)n6)cc5)cccc34)cc2)n1. The van der Waals surface area contributed by atoms with Crippen LogP contribution in [0.25, 0.3) is 211 Å². The maximum absolute atomic E-state index is 9.89. The molecule has 20 aromatic rings. The number of nitriles is 2. The molecule has 0 aliphatic rings. The standard InChI is InChI=1S/2C56H34N6/c1-58-46-19-9-18-45(33-46)56-60-52(41-15-6-3-7-16-41)35-54(62-56)43-30-26-39(27-31-43)48-21-11-22-49-47(20-10-23-50(48)49)38-24-28-42(29-25-38)53-34-51(40-13-4-2-5-14-40)59-55(61-53)44-17-8-12-37(32-44)36-57;1-58-50-25-11-10-20-49(50)54-35-52(40-16-6-3-7-17-40)60-56(62-54)42-32-28-38(29-33-42)45-22-13-23-47-44(21-12-24-48(45)47)37-26-30-41(31-27-37)55-59-51(39-14-4-2-5-15-39)34-53(61-55)46-19-9-8-18-43(46)36-57/h2*2-35H. The summed E-state index contributed by atoms with van der Waals surface area (Å²) in [6.07, 6.45) is 0. The van der Waals surface area contributed by atoms with E-state index in [1.165, 1.54) is 0 Å². The molecule has 0 aliphatic carbocycles. The molecule has 124 heavy (non-hydrogen) atoms. The number of hydrogen-bond acceptors (Lipinski definition) is 10. The van der Waals surface area contributed by atoms with E-state index >= 15 is 0 Å². The van der Waals surface area contributed by atoms with E-state index < -0.39 is 0 Å². The van der Waals surface area contributed by atoms with Crippen molar-refractivity contribution >= 4 is 32.9 Å². The van der Waals surface area contributed by atoms with Gasteiger partial charge in [-0.05, 0) is 115 Å². The number of fused-ring (bicyclic) bond motifs is 2. The van der Waals surface area contributed by atoms with E-state index in [0.717, 1.165) is 167 Å². The van der Waals surface area contributed by atoms with E-state index in [0.29, 0.717) is 57.2 Å². The summed E-state index contributed by atoms with van der Waals surface area (Å²) in [4.78, 5) is 47.3. The van der Waals surface area contributed by atoms with E-state index in [1.807, 2.05) is 231 Å². The van der Waals surface area contributed by atoms with Crippen LogP contribution in [0.4, 0.5) is 11.4 Å². The molecule has 0 N–H and O–H groups in total. The van der Waals surface area contributed by atoms with Crippen LogP contribution in [0.1, 0.15) is 11.1 Å². The van der Waals surface area contributed by atoms with E-state index in [1.54, 1.807) is 12.1 Å². The lowest BCUT2D eigenvalue weighted by Gasteiger charge is -2.13. The molecule has 20 rings (SSSR count). The van der Waals surface area contributed by atoms with Crippen molar-refractivity contribution in [3.05, 3.63) is 446 Å². The molecule has 16 aromatic carbocycles. The average molecular weight is 1580 g/mol. The second-order valence-corrected chi connectivity index (χ2v) is 29.7. The van der Waals surface area contributed by atoms with Crippen LogP contribution >= 0.6 is 0 Å². The Balaban J connectivity index is 0.000000163. The summed E-state index contributed by atoms with van der Waals surface area (Å²) >= 11 is 0. The van der Waals surface area contributed by atoms with Crippen molar-refractivity contribution in [2.24, 2.45) is 0 Å². The minimum Gasteiger partial charge on any atom is -0.238 e. The highest BCUT2D eigenvalue weighted by atomic mass is 14.9. The molecule has 0 amide bonds. The first-order chi connectivity index (χ1) is 61.2. The van der Waals surface area contributed by atoms with E-state index in [4.69, 9.17) is 53.0 Å². The lowest BCUT2D eigenvalue weighted by molar-refractivity contribution is 1.18. The summed E-state index contributed by atoms with van der Waals surface area (Å²) in [6.45, 7) is 15.3. The van der Waals surface area contributed by atoms with Gasteiger partial charge in [0, 0.05) is 66.8 Å². The van der Waals surface area contributed by atoms with Crippen LogP contribution in [0.3, 0.4) is 0 Å². The van der Waals surface area contributed by atoms with Gasteiger partial charge in [0.1, 0.15) is 0 Å². The van der Waals surface area contributed by atoms with Gasteiger partial charge in [0.25, 0.3) is 0 Å². The second kappa shape index (κ2) is 34.5. The normalized spacial score (nSPS) is 10.9. The monoisotopic (exact) mass is 1580 g/mol. The van der Waals surface area contributed by atoms with Gasteiger partial charge in [-0.1, -0.05) is 364 Å². The summed E-state index contributed by atoms with van der Waals surface area (Å²) in [7, 11) is 0. The second-order valence-electron chi connectivity index (χ2n) is 29.7. The number of aromatic nitrogens is 8. The Bertz CT molecular complexity index is 7150. The summed E-state index contributed by atoms with van der Waals surface area (Å²) in [5.74, 6) is 2.33. The number of hydrogen-bond donors (Lipinski definition) is 0. The minimum absolute atomic E-state index is 0.548. The van der Waals surface area contributed by atoms with Gasteiger partial charge in [0.2, 0.25) is 0 Å². The summed E-state index contributed by atoms with van der Waals surface area (Å²) < 4.78 is 0. The van der Waals surface area contributed by atoms with Crippen molar-refractivity contribution in [1.29, 1.82) is 10.5 Å². The highest BCUT2D eigenvalue weighted by Gasteiger charge is 2.21. The molecule has 0 atom stereocenters. The maximum atomic E-state index is 9.89. The largest absolute Gasteiger partial charge is 0.238 e. The fraction of sp³-hybridized carbons (Fsp3) is 0. The highest BCUT2D eigenvalue weighted by Crippen LogP contribution is 2.42. The summed E-state index contributed by atoms with van der Waals surface area (Å²) in [5.41, 5.74) is 28.1. The van der Waals surface area contributed by atoms with Gasteiger partial charge in [0.05, 0.1) is 82.0 Å². The molecular formula is C112H68N12. The third-order valence-electron chi connectivity index (χ3n) is 22.0. The van der Waals surface area contributed by atoms with Crippen LogP contribution in [-0.2, 0) is 0 Å². The van der Waals surface area contributed by atoms with Gasteiger partial charge in [-0.25, -0.2) is 49.6 Å². The molecule has 0 bridgehead atoms. The Hall–Kier alpha value is -17.7. The van der Waals surface area contributed by atoms with Gasteiger partial charge in [-0.15, -0.1) is 0 Å². The molecule has 12 heteroatoms. The van der Waals surface area contributed by atoms with E-state index in [-0.39, 0.29) is 0 Å². The predicted octanol–water partition coefficient (Wildman–Crippen LogP) is 28.4. The topological polar surface area (TPSA) is 159 Å². The fourth-order valence-electron chi connectivity index (χ4n) is 15.8. The van der Waals surface area contributed by atoms with Crippen LogP contribution < -0.4 is 0 Å². The first kappa shape index (κ1) is 76.3. The van der Waals surface area contributed by atoms with Crippen LogP contribution in [0.5, 0.6) is 0 Å². The first-order valence-electron chi connectivity index (χ1n) is 40.4.